The Labute approximate surface area is 173 Å². The van der Waals surface area contributed by atoms with Crippen LogP contribution in [0, 0.1) is 17.7 Å². The highest BCUT2D eigenvalue weighted by Crippen LogP contribution is 2.43. The molecule has 8 nitrogen and oxygen atoms in total. The van der Waals surface area contributed by atoms with Gasteiger partial charge < -0.3 is 14.4 Å². The molecule has 4 rings (SSSR count). The molecule has 0 amide bonds. The number of methoxy groups -OCH3 is 2. The van der Waals surface area contributed by atoms with Crippen LogP contribution in [0.4, 0.5) is 5.82 Å². The zero-order chi connectivity index (χ0) is 20.6. The molecule has 1 atom stereocenters. The summed E-state index contributed by atoms with van der Waals surface area (Å²) in [6.45, 7) is 5.30. The van der Waals surface area contributed by atoms with Gasteiger partial charge in [-0.15, -0.1) is 0 Å². The molecular weight excluding hydrogens is 390 g/mol. The molecule has 0 radical (unpaired) electrons. The van der Waals surface area contributed by atoms with Crippen LogP contribution in [0.5, 0.6) is 11.5 Å². The SMILES string of the molecule is COc1cc2nc(C)nc(N3CCC4(CC3)CCN(S(=O)C=N)C4)c2cc1OC. The summed E-state index contributed by atoms with van der Waals surface area (Å²) in [6.07, 6.45) is 3.09. The minimum absolute atomic E-state index is 0.188. The molecule has 2 aliphatic heterocycles. The second-order valence-electron chi connectivity index (χ2n) is 7.81. The minimum Gasteiger partial charge on any atom is -0.493 e. The Hall–Kier alpha value is -2.26. The number of nitrogens with one attached hydrogen (secondary N) is 1. The van der Waals surface area contributed by atoms with Crippen molar-refractivity contribution in [2.75, 3.05) is 45.3 Å². The van der Waals surface area contributed by atoms with Crippen molar-refractivity contribution in [1.29, 1.82) is 5.41 Å². The number of fused-ring (bicyclic) bond motifs is 1. The minimum atomic E-state index is -1.29. The van der Waals surface area contributed by atoms with Gasteiger partial charge in [0.15, 0.2) is 11.5 Å². The molecule has 2 aromatic rings. The van der Waals surface area contributed by atoms with Crippen molar-refractivity contribution in [3.8, 4) is 11.5 Å². The average molecular weight is 418 g/mol. The predicted molar refractivity (Wildman–Crippen MR) is 114 cm³/mol. The number of rotatable bonds is 5. The van der Waals surface area contributed by atoms with Gasteiger partial charge in [-0.2, -0.15) is 0 Å². The molecule has 3 heterocycles. The summed E-state index contributed by atoms with van der Waals surface area (Å²) in [7, 11) is 1.97. The molecule has 2 aliphatic rings. The third kappa shape index (κ3) is 3.69. The van der Waals surface area contributed by atoms with Crippen LogP contribution >= 0.6 is 0 Å². The van der Waals surface area contributed by atoms with Gasteiger partial charge in [0.2, 0.25) is 0 Å². The quantitative estimate of drug-likeness (QED) is 0.594. The van der Waals surface area contributed by atoms with Crippen LogP contribution in [0.25, 0.3) is 10.9 Å². The van der Waals surface area contributed by atoms with E-state index in [9.17, 15) is 4.21 Å². The van der Waals surface area contributed by atoms with Crippen molar-refractivity contribution < 1.29 is 13.7 Å². The lowest BCUT2D eigenvalue weighted by atomic mass is 9.78. The van der Waals surface area contributed by atoms with Crippen LogP contribution < -0.4 is 14.4 Å². The lowest BCUT2D eigenvalue weighted by Crippen LogP contribution is -2.42. The summed E-state index contributed by atoms with van der Waals surface area (Å²) in [5.74, 6) is 2.99. The van der Waals surface area contributed by atoms with E-state index in [4.69, 9.17) is 19.9 Å². The summed E-state index contributed by atoms with van der Waals surface area (Å²) in [4.78, 5) is 11.7. The number of hydrogen-bond donors (Lipinski definition) is 1. The number of anilines is 1. The van der Waals surface area contributed by atoms with Crippen molar-refractivity contribution in [2.24, 2.45) is 5.41 Å². The van der Waals surface area contributed by atoms with E-state index in [2.05, 4.69) is 9.88 Å². The lowest BCUT2D eigenvalue weighted by Gasteiger charge is -2.40. The van der Waals surface area contributed by atoms with Gasteiger partial charge in [0.1, 0.15) is 22.6 Å². The number of aromatic nitrogens is 2. The van der Waals surface area contributed by atoms with Gasteiger partial charge in [0.25, 0.3) is 0 Å². The van der Waals surface area contributed by atoms with E-state index in [0.717, 1.165) is 73.5 Å². The van der Waals surface area contributed by atoms with Gasteiger partial charge in [-0.3, -0.25) is 5.41 Å². The summed E-state index contributed by atoms with van der Waals surface area (Å²) in [5.41, 5.74) is 2.07. The van der Waals surface area contributed by atoms with E-state index in [1.807, 2.05) is 23.4 Å². The Kier molecular flexibility index (Phi) is 5.44. The molecular formula is C20H27N5O3S. The summed E-state index contributed by atoms with van der Waals surface area (Å²) in [5, 5.41) is 8.23. The van der Waals surface area contributed by atoms with E-state index >= 15 is 0 Å². The largest absolute Gasteiger partial charge is 0.493 e. The first-order valence-corrected chi connectivity index (χ1v) is 11.0. The van der Waals surface area contributed by atoms with Crippen molar-refractivity contribution in [1.82, 2.24) is 14.3 Å². The number of benzene rings is 1. The topological polar surface area (TPSA) is 91.6 Å². The van der Waals surface area contributed by atoms with Crippen molar-refractivity contribution >= 4 is 33.3 Å². The third-order valence-corrected chi connectivity index (χ3v) is 7.20. The number of nitrogens with zero attached hydrogens (tertiary/aromatic N) is 4. The number of aryl methyl sites for hydroxylation is 1. The van der Waals surface area contributed by atoms with Gasteiger partial charge in [0.05, 0.1) is 25.3 Å². The molecule has 9 heteroatoms. The molecule has 1 spiro atoms. The first-order valence-electron chi connectivity index (χ1n) is 9.80. The van der Waals surface area contributed by atoms with E-state index < -0.39 is 11.0 Å². The summed E-state index contributed by atoms with van der Waals surface area (Å²) in [6, 6.07) is 3.86. The smallest absolute Gasteiger partial charge is 0.162 e. The average Bonchev–Trinajstić information content (AvgIpc) is 3.15. The fraction of sp³-hybridized carbons (Fsp3) is 0.550. The highest BCUT2D eigenvalue weighted by atomic mass is 32.2. The monoisotopic (exact) mass is 417 g/mol. The predicted octanol–water partition coefficient (Wildman–Crippen LogP) is 2.52. The highest BCUT2D eigenvalue weighted by molar-refractivity contribution is 7.96. The van der Waals surface area contributed by atoms with Crippen LogP contribution in [0.3, 0.4) is 0 Å². The number of piperidine rings is 1. The fourth-order valence-corrected chi connectivity index (χ4v) is 5.34. The molecule has 0 aliphatic carbocycles. The second-order valence-corrected chi connectivity index (χ2v) is 9.12. The third-order valence-electron chi connectivity index (χ3n) is 6.17. The fourth-order valence-electron chi connectivity index (χ4n) is 4.52. The van der Waals surface area contributed by atoms with Gasteiger partial charge in [-0.25, -0.2) is 18.5 Å². The molecule has 1 aromatic carbocycles. The van der Waals surface area contributed by atoms with E-state index in [1.165, 1.54) is 0 Å². The Bertz CT molecular complexity index is 959. The summed E-state index contributed by atoms with van der Waals surface area (Å²) >= 11 is 0. The first kappa shape index (κ1) is 20.0. The van der Waals surface area contributed by atoms with Gasteiger partial charge >= 0.3 is 0 Å². The van der Waals surface area contributed by atoms with Crippen molar-refractivity contribution in [3.63, 3.8) is 0 Å². The maximum atomic E-state index is 12.0. The Morgan fingerprint density at radius 2 is 1.76 bits per heavy atom. The lowest BCUT2D eigenvalue weighted by molar-refractivity contribution is 0.236. The second kappa shape index (κ2) is 7.87. The molecule has 0 bridgehead atoms. The van der Waals surface area contributed by atoms with E-state index in [0.29, 0.717) is 11.5 Å². The van der Waals surface area contributed by atoms with Crippen LogP contribution in [0.15, 0.2) is 12.1 Å². The molecule has 2 saturated heterocycles. The summed E-state index contributed by atoms with van der Waals surface area (Å²) < 4.78 is 24.8. The zero-order valence-electron chi connectivity index (χ0n) is 17.1. The molecule has 0 saturated carbocycles. The normalized spacial score (nSPS) is 20.2. The standard InChI is InChI=1S/C20H27N5O3S/c1-14-22-16-11-18(28-3)17(27-2)10-15(16)19(23-14)24-7-4-20(5-8-24)6-9-25(12-20)29(26)13-21/h10-11,13,21H,4-9,12H2,1-3H3. The highest BCUT2D eigenvalue weighted by Gasteiger charge is 2.42. The number of ether oxygens (including phenoxy) is 2. The van der Waals surface area contributed by atoms with Crippen molar-refractivity contribution in [2.45, 2.75) is 26.2 Å². The van der Waals surface area contributed by atoms with Gasteiger partial charge in [-0.05, 0) is 37.7 Å². The van der Waals surface area contributed by atoms with Crippen LogP contribution in [0.1, 0.15) is 25.1 Å². The van der Waals surface area contributed by atoms with Gasteiger partial charge in [0, 0.05) is 37.6 Å². The zero-order valence-corrected chi connectivity index (χ0v) is 17.9. The Morgan fingerprint density at radius 1 is 1.10 bits per heavy atom. The molecule has 1 N–H and O–H groups in total. The van der Waals surface area contributed by atoms with Crippen LogP contribution in [0.2, 0.25) is 0 Å². The van der Waals surface area contributed by atoms with Gasteiger partial charge in [-0.1, -0.05) is 0 Å². The molecule has 156 valence electrons. The van der Waals surface area contributed by atoms with E-state index in [1.54, 1.807) is 14.2 Å². The Morgan fingerprint density at radius 3 is 2.41 bits per heavy atom. The van der Waals surface area contributed by atoms with Crippen LogP contribution in [-0.4, -0.2) is 64.4 Å². The molecule has 1 aromatic heterocycles. The van der Waals surface area contributed by atoms with Crippen molar-refractivity contribution in [3.05, 3.63) is 18.0 Å². The number of hydrogen-bond acceptors (Lipinski definition) is 7. The molecule has 2 fully saturated rings. The van der Waals surface area contributed by atoms with Crippen LogP contribution in [-0.2, 0) is 11.0 Å². The van der Waals surface area contributed by atoms with E-state index in [-0.39, 0.29) is 5.41 Å². The molecule has 29 heavy (non-hydrogen) atoms. The first-order chi connectivity index (χ1) is 14.0. The molecule has 1 unspecified atom stereocenters. The maximum absolute atomic E-state index is 12.0. The Balaban J connectivity index is 1.60. The maximum Gasteiger partial charge on any atom is 0.162 e.